The average molecular weight is 335 g/mol. The molecule has 2 saturated carbocycles. The molecule has 0 spiro atoms. The molecule has 0 amide bonds. The lowest BCUT2D eigenvalue weighted by atomic mass is 10.0. The van der Waals surface area contributed by atoms with Gasteiger partial charge in [-0.25, -0.2) is 0 Å². The van der Waals surface area contributed by atoms with Crippen LogP contribution >= 0.6 is 15.9 Å². The molecule has 20 heavy (non-hydrogen) atoms. The predicted octanol–water partition coefficient (Wildman–Crippen LogP) is 3.94. The van der Waals surface area contributed by atoms with Gasteiger partial charge >= 0.3 is 0 Å². The number of benzene rings is 1. The Balaban J connectivity index is 1.53. The highest BCUT2D eigenvalue weighted by molar-refractivity contribution is 9.10. The van der Waals surface area contributed by atoms with Gasteiger partial charge in [-0.15, -0.1) is 0 Å². The number of nitrogens with one attached hydrogen (secondary N) is 1. The summed E-state index contributed by atoms with van der Waals surface area (Å²) in [7, 11) is 0. The smallest absolute Gasteiger partial charge is 0.0412 e. The Bertz CT molecular complexity index is 486. The number of hydrogen-bond acceptors (Lipinski definition) is 2. The van der Waals surface area contributed by atoms with E-state index in [0.717, 1.165) is 24.4 Å². The van der Waals surface area contributed by atoms with Crippen LogP contribution in [0.15, 0.2) is 22.7 Å². The molecule has 0 bridgehead atoms. The molecule has 0 radical (unpaired) electrons. The summed E-state index contributed by atoms with van der Waals surface area (Å²) >= 11 is 3.63. The maximum atomic E-state index is 3.67. The van der Waals surface area contributed by atoms with Crippen LogP contribution < -0.4 is 10.2 Å². The Labute approximate surface area is 130 Å². The van der Waals surface area contributed by atoms with Crippen LogP contribution in [0.25, 0.3) is 0 Å². The van der Waals surface area contributed by atoms with Gasteiger partial charge in [0.05, 0.1) is 0 Å². The van der Waals surface area contributed by atoms with Gasteiger partial charge in [-0.05, 0) is 61.3 Å². The molecule has 1 N–H and O–H groups in total. The minimum absolute atomic E-state index is 0.778. The Morgan fingerprint density at radius 1 is 1.10 bits per heavy atom. The van der Waals surface area contributed by atoms with E-state index in [1.54, 1.807) is 0 Å². The van der Waals surface area contributed by atoms with Gasteiger partial charge in [0.15, 0.2) is 0 Å². The quantitative estimate of drug-likeness (QED) is 0.897. The van der Waals surface area contributed by atoms with Gasteiger partial charge < -0.3 is 10.2 Å². The third-order valence-corrected chi connectivity index (χ3v) is 5.76. The van der Waals surface area contributed by atoms with Crippen molar-refractivity contribution >= 4 is 21.6 Å². The average Bonchev–Trinajstić information content (AvgIpc) is 3.02. The third-order valence-electron chi connectivity index (χ3n) is 5.27. The van der Waals surface area contributed by atoms with Crippen LogP contribution in [0, 0.1) is 11.8 Å². The van der Waals surface area contributed by atoms with Crippen LogP contribution in [0.2, 0.25) is 0 Å². The molecule has 0 aromatic heterocycles. The first-order valence-corrected chi connectivity index (χ1v) is 8.85. The van der Waals surface area contributed by atoms with Crippen LogP contribution in [0.5, 0.6) is 0 Å². The molecule has 4 rings (SSSR count). The van der Waals surface area contributed by atoms with Gasteiger partial charge in [-0.2, -0.15) is 0 Å². The molecule has 2 aliphatic carbocycles. The van der Waals surface area contributed by atoms with Crippen molar-refractivity contribution < 1.29 is 0 Å². The summed E-state index contributed by atoms with van der Waals surface area (Å²) < 4.78 is 1.20. The van der Waals surface area contributed by atoms with E-state index in [1.807, 2.05) is 0 Å². The normalized spacial score (nSPS) is 28.9. The second-order valence-electron chi connectivity index (χ2n) is 6.78. The van der Waals surface area contributed by atoms with Crippen LogP contribution in [0.1, 0.15) is 37.7 Å². The number of anilines is 1. The molecule has 2 nitrogen and oxygen atoms in total. The first kappa shape index (κ1) is 13.1. The second kappa shape index (κ2) is 5.34. The van der Waals surface area contributed by atoms with Gasteiger partial charge in [0.25, 0.3) is 0 Å². The lowest BCUT2D eigenvalue weighted by Crippen LogP contribution is -2.24. The Kier molecular flexibility index (Phi) is 3.51. The van der Waals surface area contributed by atoms with Crippen molar-refractivity contribution in [3.8, 4) is 0 Å². The summed E-state index contributed by atoms with van der Waals surface area (Å²) in [5, 5.41) is 3.67. The lowest BCUT2D eigenvalue weighted by Gasteiger charge is -2.23. The first-order chi connectivity index (χ1) is 9.79. The molecule has 1 aromatic carbocycles. The van der Waals surface area contributed by atoms with E-state index < -0.39 is 0 Å². The molecule has 1 aromatic rings. The maximum Gasteiger partial charge on any atom is 0.0412 e. The van der Waals surface area contributed by atoms with Crippen LogP contribution in [-0.2, 0) is 6.54 Å². The highest BCUT2D eigenvalue weighted by Crippen LogP contribution is 2.40. The summed E-state index contributed by atoms with van der Waals surface area (Å²) in [6.45, 7) is 3.58. The molecule has 3 fully saturated rings. The summed E-state index contributed by atoms with van der Waals surface area (Å²) in [5.74, 6) is 1.92. The zero-order valence-electron chi connectivity index (χ0n) is 11.9. The van der Waals surface area contributed by atoms with Gasteiger partial charge in [0, 0.05) is 35.8 Å². The van der Waals surface area contributed by atoms with E-state index >= 15 is 0 Å². The zero-order chi connectivity index (χ0) is 13.5. The predicted molar refractivity (Wildman–Crippen MR) is 87.0 cm³/mol. The molecule has 1 heterocycles. The van der Waals surface area contributed by atoms with Crippen molar-refractivity contribution in [3.05, 3.63) is 28.2 Å². The summed E-state index contributed by atoms with van der Waals surface area (Å²) in [4.78, 5) is 2.64. The largest absolute Gasteiger partial charge is 0.371 e. The molecule has 2 unspecified atom stereocenters. The Morgan fingerprint density at radius 3 is 2.55 bits per heavy atom. The van der Waals surface area contributed by atoms with E-state index in [9.17, 15) is 0 Å². The van der Waals surface area contributed by atoms with Gasteiger partial charge in [-0.3, -0.25) is 0 Å². The number of hydrogen-bond donors (Lipinski definition) is 1. The molecule has 1 aliphatic heterocycles. The molecular formula is C17H23BrN2. The third kappa shape index (κ3) is 2.62. The molecule has 3 aliphatic rings. The van der Waals surface area contributed by atoms with Crippen molar-refractivity contribution in [1.29, 1.82) is 0 Å². The van der Waals surface area contributed by atoms with E-state index in [0.29, 0.717) is 0 Å². The maximum absolute atomic E-state index is 3.67. The minimum Gasteiger partial charge on any atom is -0.371 e. The SMILES string of the molecule is Brc1ccc(N2CC3CCCC3C2)c(CNC2CC2)c1. The summed E-state index contributed by atoms with van der Waals surface area (Å²) in [6.07, 6.45) is 7.08. The van der Waals surface area contributed by atoms with Crippen LogP contribution in [0.3, 0.4) is 0 Å². The van der Waals surface area contributed by atoms with E-state index in [4.69, 9.17) is 0 Å². The summed E-state index contributed by atoms with van der Waals surface area (Å²) in [6, 6.07) is 7.59. The molecule has 2 atom stereocenters. The minimum atomic E-state index is 0.778. The fourth-order valence-electron chi connectivity index (χ4n) is 3.98. The highest BCUT2D eigenvalue weighted by Gasteiger charge is 2.36. The van der Waals surface area contributed by atoms with Gasteiger partial charge in [0.1, 0.15) is 0 Å². The van der Waals surface area contributed by atoms with Crippen molar-refractivity contribution in [3.63, 3.8) is 0 Å². The van der Waals surface area contributed by atoms with Crippen LogP contribution in [-0.4, -0.2) is 19.1 Å². The fraction of sp³-hybridized carbons (Fsp3) is 0.647. The molecule has 3 heteroatoms. The highest BCUT2D eigenvalue weighted by atomic mass is 79.9. The molecular weight excluding hydrogens is 312 g/mol. The Hall–Kier alpha value is -0.540. The fourth-order valence-corrected chi connectivity index (χ4v) is 4.39. The summed E-state index contributed by atoms with van der Waals surface area (Å²) in [5.41, 5.74) is 2.93. The van der Waals surface area contributed by atoms with E-state index in [2.05, 4.69) is 44.3 Å². The van der Waals surface area contributed by atoms with Crippen molar-refractivity contribution in [2.45, 2.75) is 44.7 Å². The van der Waals surface area contributed by atoms with E-state index in [1.165, 1.54) is 60.9 Å². The first-order valence-electron chi connectivity index (χ1n) is 8.06. The van der Waals surface area contributed by atoms with Gasteiger partial charge in [-0.1, -0.05) is 22.4 Å². The monoisotopic (exact) mass is 334 g/mol. The van der Waals surface area contributed by atoms with Crippen molar-refractivity contribution in [2.75, 3.05) is 18.0 Å². The number of halogens is 1. The Morgan fingerprint density at radius 2 is 1.85 bits per heavy atom. The molecule has 108 valence electrons. The number of rotatable bonds is 4. The number of fused-ring (bicyclic) bond motifs is 1. The second-order valence-corrected chi connectivity index (χ2v) is 7.70. The number of nitrogens with zero attached hydrogens (tertiary/aromatic N) is 1. The zero-order valence-corrected chi connectivity index (χ0v) is 13.5. The lowest BCUT2D eigenvalue weighted by molar-refractivity contribution is 0.494. The van der Waals surface area contributed by atoms with Crippen molar-refractivity contribution in [2.24, 2.45) is 11.8 Å². The van der Waals surface area contributed by atoms with Crippen molar-refractivity contribution in [1.82, 2.24) is 5.32 Å². The van der Waals surface area contributed by atoms with Crippen LogP contribution in [0.4, 0.5) is 5.69 Å². The van der Waals surface area contributed by atoms with Gasteiger partial charge in [0.2, 0.25) is 0 Å². The standard InChI is InChI=1S/C17H23BrN2/c18-15-4-7-17(14(8-15)9-19-16-5-6-16)20-10-12-2-1-3-13(12)11-20/h4,7-8,12-13,16,19H,1-3,5-6,9-11H2. The molecule has 1 saturated heterocycles. The van der Waals surface area contributed by atoms with E-state index in [-0.39, 0.29) is 0 Å². The topological polar surface area (TPSA) is 15.3 Å².